The third-order valence-corrected chi connectivity index (χ3v) is 3.56. The third kappa shape index (κ3) is 2.98. The van der Waals surface area contributed by atoms with E-state index in [1.54, 1.807) is 24.3 Å². The Morgan fingerprint density at radius 1 is 1.23 bits per heavy atom. The first-order valence-corrected chi connectivity index (χ1v) is 7.20. The first-order chi connectivity index (χ1) is 10.6. The first-order valence-electron chi connectivity index (χ1n) is 7.20. The summed E-state index contributed by atoms with van der Waals surface area (Å²) >= 11 is 0. The Morgan fingerprint density at radius 3 is 2.73 bits per heavy atom. The molecular formula is C15H17N5O2. The highest BCUT2D eigenvalue weighted by Gasteiger charge is 2.17. The topological polar surface area (TPSA) is 88.9 Å². The van der Waals surface area contributed by atoms with Crippen molar-refractivity contribution in [3.63, 3.8) is 0 Å². The van der Waals surface area contributed by atoms with Crippen LogP contribution in [0.2, 0.25) is 0 Å². The fourth-order valence-corrected chi connectivity index (χ4v) is 2.51. The van der Waals surface area contributed by atoms with Crippen LogP contribution in [0.4, 0.5) is 5.69 Å². The van der Waals surface area contributed by atoms with E-state index >= 15 is 0 Å². The van der Waals surface area contributed by atoms with Gasteiger partial charge in [0, 0.05) is 31.1 Å². The summed E-state index contributed by atoms with van der Waals surface area (Å²) < 4.78 is 2.06. The van der Waals surface area contributed by atoms with Crippen molar-refractivity contribution in [2.75, 3.05) is 5.32 Å². The molecule has 1 aromatic carbocycles. The summed E-state index contributed by atoms with van der Waals surface area (Å²) in [4.78, 5) is 23.1. The van der Waals surface area contributed by atoms with Crippen LogP contribution in [0.15, 0.2) is 24.3 Å². The number of hydrogen-bond acceptors (Lipinski definition) is 4. The SMILES string of the molecule is CC(=O)Nc1ccc(C(=O)NCc2nnc3n2CCC3)cc1. The zero-order valence-electron chi connectivity index (χ0n) is 12.3. The number of hydrogen-bond donors (Lipinski definition) is 2. The molecule has 2 amide bonds. The zero-order chi connectivity index (χ0) is 15.5. The van der Waals surface area contributed by atoms with Gasteiger partial charge < -0.3 is 15.2 Å². The number of aromatic nitrogens is 3. The highest BCUT2D eigenvalue weighted by Crippen LogP contribution is 2.14. The van der Waals surface area contributed by atoms with E-state index in [1.807, 2.05) is 0 Å². The number of amides is 2. The first kappa shape index (κ1) is 14.2. The van der Waals surface area contributed by atoms with Crippen molar-refractivity contribution in [3.8, 4) is 0 Å². The number of nitrogens with zero attached hydrogens (tertiary/aromatic N) is 3. The molecule has 1 aliphatic heterocycles. The number of fused-ring (bicyclic) bond motifs is 1. The van der Waals surface area contributed by atoms with Crippen molar-refractivity contribution in [2.45, 2.75) is 32.9 Å². The van der Waals surface area contributed by atoms with Crippen LogP contribution in [-0.4, -0.2) is 26.6 Å². The lowest BCUT2D eigenvalue weighted by Gasteiger charge is -2.07. The van der Waals surface area contributed by atoms with Gasteiger partial charge >= 0.3 is 0 Å². The summed E-state index contributed by atoms with van der Waals surface area (Å²) in [6.45, 7) is 2.72. The molecule has 0 atom stereocenters. The van der Waals surface area contributed by atoms with Crippen LogP contribution in [-0.2, 0) is 24.3 Å². The van der Waals surface area contributed by atoms with Gasteiger partial charge in [0.1, 0.15) is 5.82 Å². The minimum atomic E-state index is -0.176. The van der Waals surface area contributed by atoms with E-state index in [9.17, 15) is 9.59 Å². The van der Waals surface area contributed by atoms with Gasteiger partial charge in [-0.3, -0.25) is 9.59 Å². The lowest BCUT2D eigenvalue weighted by atomic mass is 10.2. The van der Waals surface area contributed by atoms with Gasteiger partial charge in [0.05, 0.1) is 6.54 Å². The van der Waals surface area contributed by atoms with Gasteiger partial charge in [-0.05, 0) is 30.7 Å². The van der Waals surface area contributed by atoms with Crippen molar-refractivity contribution in [3.05, 3.63) is 41.5 Å². The van der Waals surface area contributed by atoms with E-state index in [2.05, 4.69) is 25.4 Å². The summed E-state index contributed by atoms with van der Waals surface area (Å²) in [6, 6.07) is 6.75. The van der Waals surface area contributed by atoms with Crippen LogP contribution in [0, 0.1) is 0 Å². The highest BCUT2D eigenvalue weighted by molar-refractivity contribution is 5.95. The predicted molar refractivity (Wildman–Crippen MR) is 80.3 cm³/mol. The second-order valence-corrected chi connectivity index (χ2v) is 5.23. The zero-order valence-corrected chi connectivity index (χ0v) is 12.3. The Hall–Kier alpha value is -2.70. The summed E-state index contributed by atoms with van der Waals surface area (Å²) in [5.74, 6) is 1.46. The largest absolute Gasteiger partial charge is 0.345 e. The normalized spacial score (nSPS) is 12.8. The summed E-state index contributed by atoms with van der Waals surface area (Å²) in [5, 5.41) is 13.7. The average Bonchev–Trinajstić information content (AvgIpc) is 3.08. The summed E-state index contributed by atoms with van der Waals surface area (Å²) in [7, 11) is 0. The number of nitrogens with one attached hydrogen (secondary N) is 2. The average molecular weight is 299 g/mol. The van der Waals surface area contributed by atoms with Gasteiger partial charge in [-0.1, -0.05) is 0 Å². The van der Waals surface area contributed by atoms with Crippen LogP contribution >= 0.6 is 0 Å². The quantitative estimate of drug-likeness (QED) is 0.885. The van der Waals surface area contributed by atoms with E-state index in [1.165, 1.54) is 6.92 Å². The van der Waals surface area contributed by atoms with Crippen molar-refractivity contribution in [1.29, 1.82) is 0 Å². The number of carbonyl (C=O) groups excluding carboxylic acids is 2. The molecule has 0 bridgehead atoms. The van der Waals surface area contributed by atoms with Gasteiger partial charge in [-0.25, -0.2) is 0 Å². The number of benzene rings is 1. The lowest BCUT2D eigenvalue weighted by Crippen LogP contribution is -2.24. The Labute approximate surface area is 127 Å². The predicted octanol–water partition coefficient (Wildman–Crippen LogP) is 1.11. The molecule has 114 valence electrons. The third-order valence-electron chi connectivity index (χ3n) is 3.56. The molecule has 1 aromatic heterocycles. The van der Waals surface area contributed by atoms with Crippen LogP contribution in [0.25, 0.3) is 0 Å². The van der Waals surface area contributed by atoms with Gasteiger partial charge in [-0.2, -0.15) is 0 Å². The van der Waals surface area contributed by atoms with Crippen molar-refractivity contribution < 1.29 is 9.59 Å². The Balaban J connectivity index is 1.60. The molecular weight excluding hydrogens is 282 g/mol. The molecule has 2 heterocycles. The molecule has 0 unspecified atom stereocenters. The molecule has 0 saturated carbocycles. The Bertz CT molecular complexity index is 705. The molecule has 0 saturated heterocycles. The standard InChI is InChI=1S/C15H17N5O2/c1-10(21)17-12-6-4-11(5-7-12)15(22)16-9-14-19-18-13-3-2-8-20(13)14/h4-7H,2-3,8-9H2,1H3,(H,16,22)(H,17,21). The fourth-order valence-electron chi connectivity index (χ4n) is 2.51. The Kier molecular flexibility index (Phi) is 3.86. The number of carbonyl (C=O) groups is 2. The molecule has 2 N–H and O–H groups in total. The highest BCUT2D eigenvalue weighted by atomic mass is 16.2. The molecule has 3 rings (SSSR count). The van der Waals surface area contributed by atoms with E-state index in [0.717, 1.165) is 31.0 Å². The van der Waals surface area contributed by atoms with Crippen molar-refractivity contribution in [2.24, 2.45) is 0 Å². The van der Waals surface area contributed by atoms with Gasteiger partial charge in [-0.15, -0.1) is 10.2 Å². The number of anilines is 1. The summed E-state index contributed by atoms with van der Waals surface area (Å²) in [6.07, 6.45) is 2.03. The number of rotatable bonds is 4. The maximum absolute atomic E-state index is 12.1. The van der Waals surface area contributed by atoms with E-state index in [-0.39, 0.29) is 11.8 Å². The second-order valence-electron chi connectivity index (χ2n) is 5.23. The Morgan fingerprint density at radius 2 is 2.00 bits per heavy atom. The van der Waals surface area contributed by atoms with E-state index in [4.69, 9.17) is 0 Å². The maximum atomic E-state index is 12.1. The second kappa shape index (κ2) is 5.97. The van der Waals surface area contributed by atoms with E-state index < -0.39 is 0 Å². The molecule has 0 spiro atoms. The molecule has 7 heteroatoms. The maximum Gasteiger partial charge on any atom is 0.251 e. The van der Waals surface area contributed by atoms with Crippen LogP contribution in [0.1, 0.15) is 35.4 Å². The monoisotopic (exact) mass is 299 g/mol. The minimum Gasteiger partial charge on any atom is -0.345 e. The molecule has 0 aliphatic carbocycles. The molecule has 0 radical (unpaired) electrons. The smallest absolute Gasteiger partial charge is 0.251 e. The molecule has 0 fully saturated rings. The minimum absolute atomic E-state index is 0.141. The van der Waals surface area contributed by atoms with Crippen molar-refractivity contribution in [1.82, 2.24) is 20.1 Å². The summed E-state index contributed by atoms with van der Waals surface area (Å²) in [5.41, 5.74) is 1.20. The van der Waals surface area contributed by atoms with Crippen LogP contribution in [0.5, 0.6) is 0 Å². The molecule has 2 aromatic rings. The van der Waals surface area contributed by atoms with Crippen molar-refractivity contribution >= 4 is 17.5 Å². The van der Waals surface area contributed by atoms with Crippen LogP contribution < -0.4 is 10.6 Å². The number of aryl methyl sites for hydroxylation is 1. The molecule has 22 heavy (non-hydrogen) atoms. The van der Waals surface area contributed by atoms with Crippen LogP contribution in [0.3, 0.4) is 0 Å². The van der Waals surface area contributed by atoms with E-state index in [0.29, 0.717) is 17.8 Å². The fraction of sp³-hybridized carbons (Fsp3) is 0.333. The molecule has 1 aliphatic rings. The van der Waals surface area contributed by atoms with Gasteiger partial charge in [0.25, 0.3) is 5.91 Å². The van der Waals surface area contributed by atoms with Gasteiger partial charge in [0.15, 0.2) is 5.82 Å². The lowest BCUT2D eigenvalue weighted by molar-refractivity contribution is -0.114. The molecule has 7 nitrogen and oxygen atoms in total. The van der Waals surface area contributed by atoms with Gasteiger partial charge in [0.2, 0.25) is 5.91 Å².